The van der Waals surface area contributed by atoms with E-state index in [0.717, 1.165) is 49.2 Å². The summed E-state index contributed by atoms with van der Waals surface area (Å²) in [4.78, 5) is 15.6. The molecule has 0 unspecified atom stereocenters. The quantitative estimate of drug-likeness (QED) is 0.425. The van der Waals surface area contributed by atoms with E-state index >= 15 is 0 Å². The number of halogens is 1. The van der Waals surface area contributed by atoms with Crippen LogP contribution in [0.5, 0.6) is 6.01 Å². The summed E-state index contributed by atoms with van der Waals surface area (Å²) in [5, 5.41) is 3.27. The second kappa shape index (κ2) is 10.2. The van der Waals surface area contributed by atoms with Crippen LogP contribution < -0.4 is 10.1 Å². The summed E-state index contributed by atoms with van der Waals surface area (Å²) in [7, 11) is 0. The Morgan fingerprint density at radius 1 is 1.06 bits per heavy atom. The number of nitrogens with one attached hydrogen (secondary N) is 1. The third kappa shape index (κ3) is 5.17. The molecule has 34 heavy (non-hydrogen) atoms. The summed E-state index contributed by atoms with van der Waals surface area (Å²) in [6, 6.07) is 17.1. The Morgan fingerprint density at radius 2 is 1.85 bits per heavy atom. The zero-order valence-corrected chi connectivity index (χ0v) is 19.3. The first kappa shape index (κ1) is 22.3. The number of para-hydroxylation sites is 2. The number of rotatable bonds is 8. The summed E-state index contributed by atoms with van der Waals surface area (Å²) in [6.45, 7) is 6.47. The van der Waals surface area contributed by atoms with E-state index in [4.69, 9.17) is 9.72 Å². The monoisotopic (exact) mass is 460 g/mol. The second-order valence-corrected chi connectivity index (χ2v) is 8.82. The molecule has 5 rings (SSSR count). The Kier molecular flexibility index (Phi) is 6.67. The number of ether oxygens (including phenoxy) is 1. The summed E-state index contributed by atoms with van der Waals surface area (Å²) >= 11 is 0. The topological polar surface area (TPSA) is 68.1 Å². The number of benzene rings is 2. The van der Waals surface area contributed by atoms with Gasteiger partial charge in [-0.05, 0) is 42.3 Å². The van der Waals surface area contributed by atoms with E-state index in [1.54, 1.807) is 12.4 Å². The fraction of sp³-hybridized carbons (Fsp3) is 0.346. The number of nitrogens with zero attached hydrogens (tertiary/aromatic N) is 5. The summed E-state index contributed by atoms with van der Waals surface area (Å²) < 4.78 is 22.0. The largest absolute Gasteiger partial charge is 0.461 e. The van der Waals surface area contributed by atoms with Crippen molar-refractivity contribution in [2.75, 3.05) is 31.5 Å². The van der Waals surface area contributed by atoms with Gasteiger partial charge in [-0.15, -0.1) is 0 Å². The molecule has 0 radical (unpaired) electrons. The second-order valence-electron chi connectivity index (χ2n) is 8.82. The standard InChI is InChI=1S/C26H29FN6O/c1-19-17-32(16-14-30-25-28-12-4-13-29-25)15-11-24(19)34-26-31-22-5-2-3-6-23(22)33(26)18-20-7-9-21(27)10-8-20/h2-10,12-13,19,24H,11,14-18H2,1H3,(H,28,29,30)/t19-,24+/m1/s1. The maximum atomic E-state index is 13.4. The Bertz CT molecular complexity index is 1210. The third-order valence-corrected chi connectivity index (χ3v) is 6.32. The molecule has 176 valence electrons. The van der Waals surface area contributed by atoms with Crippen molar-refractivity contribution in [2.24, 2.45) is 5.92 Å². The van der Waals surface area contributed by atoms with Crippen LogP contribution >= 0.6 is 0 Å². The third-order valence-electron chi connectivity index (χ3n) is 6.32. The number of anilines is 1. The van der Waals surface area contributed by atoms with Gasteiger partial charge in [-0.3, -0.25) is 4.57 Å². The van der Waals surface area contributed by atoms with Gasteiger partial charge in [0.05, 0.1) is 17.6 Å². The molecule has 0 amide bonds. The van der Waals surface area contributed by atoms with E-state index in [2.05, 4.69) is 31.7 Å². The molecule has 7 nitrogen and oxygen atoms in total. The van der Waals surface area contributed by atoms with E-state index in [9.17, 15) is 4.39 Å². The van der Waals surface area contributed by atoms with Gasteiger partial charge in [-0.2, -0.15) is 4.98 Å². The first-order valence-corrected chi connectivity index (χ1v) is 11.8. The zero-order valence-electron chi connectivity index (χ0n) is 19.3. The molecule has 3 heterocycles. The van der Waals surface area contributed by atoms with E-state index < -0.39 is 0 Å². The van der Waals surface area contributed by atoms with Gasteiger partial charge in [0.15, 0.2) is 0 Å². The SMILES string of the molecule is C[C@@H]1CN(CCNc2ncccn2)CC[C@@H]1Oc1nc2ccccc2n1Cc1ccc(F)cc1. The predicted octanol–water partition coefficient (Wildman–Crippen LogP) is 4.22. The number of hydrogen-bond donors (Lipinski definition) is 1. The molecule has 1 saturated heterocycles. The number of fused-ring (bicyclic) bond motifs is 1. The first-order chi connectivity index (χ1) is 16.7. The van der Waals surface area contributed by atoms with Crippen molar-refractivity contribution in [3.63, 3.8) is 0 Å². The van der Waals surface area contributed by atoms with Crippen molar-refractivity contribution < 1.29 is 9.13 Å². The smallest absolute Gasteiger partial charge is 0.297 e. The highest BCUT2D eigenvalue weighted by atomic mass is 19.1. The fourth-order valence-electron chi connectivity index (χ4n) is 4.51. The number of likely N-dealkylation sites (tertiary alicyclic amines) is 1. The van der Waals surface area contributed by atoms with Crippen LogP contribution in [0.3, 0.4) is 0 Å². The molecular weight excluding hydrogens is 431 g/mol. The Labute approximate surface area is 198 Å². The summed E-state index contributed by atoms with van der Waals surface area (Å²) in [5.74, 6) is 0.789. The summed E-state index contributed by atoms with van der Waals surface area (Å²) in [6.07, 6.45) is 4.50. The van der Waals surface area contributed by atoms with Gasteiger partial charge in [-0.1, -0.05) is 31.2 Å². The average Bonchev–Trinajstić information content (AvgIpc) is 3.20. The van der Waals surface area contributed by atoms with Crippen LogP contribution in [0.25, 0.3) is 11.0 Å². The molecule has 0 aliphatic carbocycles. The van der Waals surface area contributed by atoms with Crippen molar-refractivity contribution in [1.29, 1.82) is 0 Å². The van der Waals surface area contributed by atoms with Crippen LogP contribution in [0.2, 0.25) is 0 Å². The summed E-state index contributed by atoms with van der Waals surface area (Å²) in [5.41, 5.74) is 2.92. The van der Waals surface area contributed by atoms with Crippen LogP contribution in [0.4, 0.5) is 10.3 Å². The molecule has 8 heteroatoms. The molecule has 1 N–H and O–H groups in total. The van der Waals surface area contributed by atoms with Crippen molar-refractivity contribution in [2.45, 2.75) is 26.0 Å². The van der Waals surface area contributed by atoms with Gasteiger partial charge in [0.1, 0.15) is 11.9 Å². The van der Waals surface area contributed by atoms with Crippen molar-refractivity contribution in [3.05, 3.63) is 78.4 Å². The lowest BCUT2D eigenvalue weighted by molar-refractivity contribution is 0.0457. The van der Waals surface area contributed by atoms with E-state index in [1.807, 2.05) is 42.5 Å². The van der Waals surface area contributed by atoms with Gasteiger partial charge < -0.3 is 15.0 Å². The average molecular weight is 461 g/mol. The highest BCUT2D eigenvalue weighted by molar-refractivity contribution is 5.76. The Hall–Kier alpha value is -3.52. The molecule has 4 aromatic rings. The molecule has 1 aliphatic heterocycles. The maximum absolute atomic E-state index is 13.4. The van der Waals surface area contributed by atoms with Crippen LogP contribution in [0.15, 0.2) is 67.0 Å². The van der Waals surface area contributed by atoms with Crippen molar-refractivity contribution in [3.8, 4) is 6.01 Å². The molecule has 1 aliphatic rings. The molecule has 2 aromatic heterocycles. The number of imidazole rings is 1. The van der Waals surface area contributed by atoms with E-state index in [1.165, 1.54) is 12.1 Å². The Balaban J connectivity index is 1.24. The number of hydrogen-bond acceptors (Lipinski definition) is 6. The van der Waals surface area contributed by atoms with Crippen molar-refractivity contribution >= 4 is 17.0 Å². The molecule has 2 atom stereocenters. The molecule has 0 bridgehead atoms. The number of aromatic nitrogens is 4. The van der Waals surface area contributed by atoms with Crippen LogP contribution in [-0.2, 0) is 6.54 Å². The van der Waals surface area contributed by atoms with Crippen LogP contribution in [-0.4, -0.2) is 56.7 Å². The number of piperidine rings is 1. The van der Waals surface area contributed by atoms with Crippen molar-refractivity contribution in [1.82, 2.24) is 24.4 Å². The molecular formula is C26H29FN6O. The molecule has 1 fully saturated rings. The zero-order chi connectivity index (χ0) is 23.3. The molecule has 2 aromatic carbocycles. The minimum atomic E-state index is -0.234. The van der Waals surface area contributed by atoms with Gasteiger partial charge in [0.25, 0.3) is 6.01 Å². The fourth-order valence-corrected chi connectivity index (χ4v) is 4.51. The van der Waals surface area contributed by atoms with Gasteiger partial charge in [0, 0.05) is 44.5 Å². The highest BCUT2D eigenvalue weighted by Crippen LogP contribution is 2.27. The highest BCUT2D eigenvalue weighted by Gasteiger charge is 2.29. The molecule has 0 saturated carbocycles. The van der Waals surface area contributed by atoms with Gasteiger partial charge in [0.2, 0.25) is 5.95 Å². The maximum Gasteiger partial charge on any atom is 0.297 e. The minimum absolute atomic E-state index is 0.0884. The minimum Gasteiger partial charge on any atom is -0.461 e. The lowest BCUT2D eigenvalue weighted by Gasteiger charge is -2.36. The molecule has 0 spiro atoms. The van der Waals surface area contributed by atoms with E-state index in [-0.39, 0.29) is 11.9 Å². The van der Waals surface area contributed by atoms with Crippen LogP contribution in [0, 0.1) is 11.7 Å². The van der Waals surface area contributed by atoms with E-state index in [0.29, 0.717) is 24.4 Å². The van der Waals surface area contributed by atoms with Crippen LogP contribution in [0.1, 0.15) is 18.9 Å². The Morgan fingerprint density at radius 3 is 2.65 bits per heavy atom. The van der Waals surface area contributed by atoms with Gasteiger partial charge in [-0.25, -0.2) is 14.4 Å². The lowest BCUT2D eigenvalue weighted by Crippen LogP contribution is -2.46. The first-order valence-electron chi connectivity index (χ1n) is 11.8. The predicted molar refractivity (Wildman–Crippen MR) is 130 cm³/mol. The normalized spacial score (nSPS) is 18.8. The lowest BCUT2D eigenvalue weighted by atomic mass is 9.96. The van der Waals surface area contributed by atoms with Gasteiger partial charge >= 0.3 is 0 Å².